The molecule has 0 unspecified atom stereocenters. The predicted molar refractivity (Wildman–Crippen MR) is 110 cm³/mol. The summed E-state index contributed by atoms with van der Waals surface area (Å²) >= 11 is 6.11. The summed E-state index contributed by atoms with van der Waals surface area (Å²) in [6, 6.07) is 18.5. The zero-order chi connectivity index (χ0) is 19.9. The Kier molecular flexibility index (Phi) is 6.90. The summed E-state index contributed by atoms with van der Waals surface area (Å²) in [6.45, 7) is 3.67. The van der Waals surface area contributed by atoms with E-state index in [9.17, 15) is 4.39 Å². The molecule has 0 saturated carbocycles. The summed E-state index contributed by atoms with van der Waals surface area (Å²) in [4.78, 5) is 0. The SMILES string of the molecule is COc1cccc(CNCc2ccc(C)cc2)c1OCc1ccc(F)cc1Cl. The molecule has 146 valence electrons. The fraction of sp³-hybridized carbons (Fsp3) is 0.217. The standard InChI is InChI=1S/C23H23ClFNO2/c1-16-6-8-17(9-7-16)13-26-14-18-4-3-5-22(27-2)23(18)28-15-19-10-11-20(25)12-21(19)24/h3-12,26H,13-15H2,1-2H3. The number of rotatable bonds is 8. The molecule has 0 bridgehead atoms. The van der Waals surface area contributed by atoms with Gasteiger partial charge in [0.25, 0.3) is 0 Å². The number of para-hydroxylation sites is 1. The van der Waals surface area contributed by atoms with E-state index >= 15 is 0 Å². The minimum Gasteiger partial charge on any atom is -0.493 e. The first kappa shape index (κ1) is 20.2. The highest BCUT2D eigenvalue weighted by molar-refractivity contribution is 6.31. The molecule has 0 saturated heterocycles. The van der Waals surface area contributed by atoms with Gasteiger partial charge in [-0.15, -0.1) is 0 Å². The Morgan fingerprint density at radius 1 is 0.964 bits per heavy atom. The Morgan fingerprint density at radius 2 is 1.75 bits per heavy atom. The molecule has 3 aromatic rings. The van der Waals surface area contributed by atoms with E-state index in [2.05, 4.69) is 36.5 Å². The average Bonchev–Trinajstić information content (AvgIpc) is 2.69. The van der Waals surface area contributed by atoms with E-state index in [1.165, 1.54) is 23.3 Å². The van der Waals surface area contributed by atoms with Gasteiger partial charge in [-0.2, -0.15) is 0 Å². The van der Waals surface area contributed by atoms with Crippen LogP contribution in [0, 0.1) is 12.7 Å². The predicted octanol–water partition coefficient (Wildman–Crippen LogP) is 5.66. The third-order valence-electron chi connectivity index (χ3n) is 4.43. The normalized spacial score (nSPS) is 10.7. The first-order chi connectivity index (χ1) is 13.6. The summed E-state index contributed by atoms with van der Waals surface area (Å²) < 4.78 is 24.7. The van der Waals surface area contributed by atoms with Crippen molar-refractivity contribution >= 4 is 11.6 Å². The van der Waals surface area contributed by atoms with Crippen LogP contribution in [0.25, 0.3) is 0 Å². The lowest BCUT2D eigenvalue weighted by molar-refractivity contribution is 0.280. The topological polar surface area (TPSA) is 30.5 Å². The second kappa shape index (κ2) is 9.58. The van der Waals surface area contributed by atoms with Gasteiger partial charge in [-0.05, 0) is 30.7 Å². The Labute approximate surface area is 170 Å². The molecule has 0 amide bonds. The molecule has 0 fully saturated rings. The summed E-state index contributed by atoms with van der Waals surface area (Å²) in [5.74, 6) is 0.932. The zero-order valence-electron chi connectivity index (χ0n) is 16.0. The maximum absolute atomic E-state index is 13.2. The van der Waals surface area contributed by atoms with E-state index in [1.807, 2.05) is 18.2 Å². The van der Waals surface area contributed by atoms with Crippen molar-refractivity contribution in [3.05, 3.63) is 93.8 Å². The Balaban J connectivity index is 1.69. The van der Waals surface area contributed by atoms with Crippen LogP contribution in [0.3, 0.4) is 0 Å². The average molecular weight is 400 g/mol. The van der Waals surface area contributed by atoms with Crippen LogP contribution in [0.15, 0.2) is 60.7 Å². The largest absolute Gasteiger partial charge is 0.493 e. The lowest BCUT2D eigenvalue weighted by Crippen LogP contribution is -2.14. The molecule has 3 rings (SSSR count). The second-order valence-corrected chi connectivity index (χ2v) is 6.97. The van der Waals surface area contributed by atoms with E-state index in [4.69, 9.17) is 21.1 Å². The van der Waals surface area contributed by atoms with Gasteiger partial charge in [0.1, 0.15) is 12.4 Å². The van der Waals surface area contributed by atoms with E-state index in [-0.39, 0.29) is 12.4 Å². The monoisotopic (exact) mass is 399 g/mol. The molecule has 0 heterocycles. The second-order valence-electron chi connectivity index (χ2n) is 6.56. The molecule has 0 aromatic heterocycles. The highest BCUT2D eigenvalue weighted by Gasteiger charge is 2.12. The van der Waals surface area contributed by atoms with E-state index < -0.39 is 0 Å². The van der Waals surface area contributed by atoms with E-state index in [0.29, 0.717) is 28.6 Å². The summed E-state index contributed by atoms with van der Waals surface area (Å²) in [5, 5.41) is 3.78. The minimum atomic E-state index is -0.368. The molecule has 0 atom stereocenters. The maximum atomic E-state index is 13.2. The van der Waals surface area contributed by atoms with Crippen molar-refractivity contribution in [3.8, 4) is 11.5 Å². The highest BCUT2D eigenvalue weighted by atomic mass is 35.5. The van der Waals surface area contributed by atoms with Crippen molar-refractivity contribution in [3.63, 3.8) is 0 Å². The number of hydrogen-bond acceptors (Lipinski definition) is 3. The van der Waals surface area contributed by atoms with Gasteiger partial charge >= 0.3 is 0 Å². The maximum Gasteiger partial charge on any atom is 0.166 e. The van der Waals surface area contributed by atoms with Crippen LogP contribution in [0.4, 0.5) is 4.39 Å². The third-order valence-corrected chi connectivity index (χ3v) is 4.78. The third kappa shape index (κ3) is 5.24. The van der Waals surface area contributed by atoms with Crippen molar-refractivity contribution in [1.82, 2.24) is 5.32 Å². The van der Waals surface area contributed by atoms with Gasteiger partial charge in [0.05, 0.1) is 12.1 Å². The van der Waals surface area contributed by atoms with Gasteiger partial charge in [-0.1, -0.05) is 59.6 Å². The van der Waals surface area contributed by atoms with Crippen LogP contribution in [0.5, 0.6) is 11.5 Å². The van der Waals surface area contributed by atoms with Crippen molar-refractivity contribution in [1.29, 1.82) is 0 Å². The molecule has 0 aliphatic rings. The summed E-state index contributed by atoms with van der Waals surface area (Å²) in [7, 11) is 1.61. The smallest absolute Gasteiger partial charge is 0.166 e. The first-order valence-corrected chi connectivity index (χ1v) is 9.43. The van der Waals surface area contributed by atoms with Crippen LogP contribution in [-0.4, -0.2) is 7.11 Å². The van der Waals surface area contributed by atoms with Crippen molar-refractivity contribution in [2.24, 2.45) is 0 Å². The Morgan fingerprint density at radius 3 is 2.46 bits per heavy atom. The van der Waals surface area contributed by atoms with Crippen LogP contribution in [0.2, 0.25) is 5.02 Å². The zero-order valence-corrected chi connectivity index (χ0v) is 16.7. The fourth-order valence-electron chi connectivity index (χ4n) is 2.86. The van der Waals surface area contributed by atoms with Gasteiger partial charge in [-0.25, -0.2) is 4.39 Å². The highest BCUT2D eigenvalue weighted by Crippen LogP contribution is 2.32. The number of methoxy groups -OCH3 is 1. The molecule has 0 aliphatic carbocycles. The molecule has 0 aliphatic heterocycles. The van der Waals surface area contributed by atoms with Gasteiger partial charge in [0, 0.05) is 24.2 Å². The summed E-state index contributed by atoms with van der Waals surface area (Å²) in [6.07, 6.45) is 0. The van der Waals surface area contributed by atoms with Crippen LogP contribution in [0.1, 0.15) is 22.3 Å². The number of benzene rings is 3. The molecule has 0 radical (unpaired) electrons. The van der Waals surface area contributed by atoms with Crippen molar-refractivity contribution < 1.29 is 13.9 Å². The summed E-state index contributed by atoms with van der Waals surface area (Å²) in [5.41, 5.74) is 4.15. The van der Waals surface area contributed by atoms with Crippen molar-refractivity contribution in [2.45, 2.75) is 26.6 Å². The number of halogens is 2. The number of hydrogen-bond donors (Lipinski definition) is 1. The fourth-order valence-corrected chi connectivity index (χ4v) is 3.08. The van der Waals surface area contributed by atoms with Gasteiger partial charge in [0.15, 0.2) is 11.5 Å². The number of aryl methyl sites for hydroxylation is 1. The molecule has 28 heavy (non-hydrogen) atoms. The Bertz CT molecular complexity index is 928. The molecule has 3 nitrogen and oxygen atoms in total. The quantitative estimate of drug-likeness (QED) is 0.529. The molecule has 1 N–H and O–H groups in total. The molecule has 3 aromatic carbocycles. The lowest BCUT2D eigenvalue weighted by Gasteiger charge is -2.16. The van der Waals surface area contributed by atoms with E-state index in [0.717, 1.165) is 12.1 Å². The molecular formula is C23H23ClFNO2. The molecule has 0 spiro atoms. The molecular weight excluding hydrogens is 377 g/mol. The molecule has 5 heteroatoms. The lowest BCUT2D eigenvalue weighted by atomic mass is 10.1. The van der Waals surface area contributed by atoms with E-state index in [1.54, 1.807) is 13.2 Å². The van der Waals surface area contributed by atoms with Crippen LogP contribution < -0.4 is 14.8 Å². The minimum absolute atomic E-state index is 0.227. The van der Waals surface area contributed by atoms with Gasteiger partial charge in [-0.3, -0.25) is 0 Å². The van der Waals surface area contributed by atoms with Crippen molar-refractivity contribution in [2.75, 3.05) is 7.11 Å². The first-order valence-electron chi connectivity index (χ1n) is 9.05. The number of ether oxygens (including phenoxy) is 2. The van der Waals surface area contributed by atoms with Crippen LogP contribution in [-0.2, 0) is 19.7 Å². The Hall–Kier alpha value is -2.56. The van der Waals surface area contributed by atoms with Gasteiger partial charge in [0.2, 0.25) is 0 Å². The van der Waals surface area contributed by atoms with Crippen LogP contribution >= 0.6 is 11.6 Å². The number of nitrogens with one attached hydrogen (secondary N) is 1. The van der Waals surface area contributed by atoms with Gasteiger partial charge < -0.3 is 14.8 Å².